The normalized spacial score (nSPS) is 10.3. The molecule has 116 valence electrons. The van der Waals surface area contributed by atoms with Gasteiger partial charge >= 0.3 is 0 Å². The second-order valence-corrected chi connectivity index (χ2v) is 7.31. The highest BCUT2D eigenvalue weighted by atomic mass is 79.9. The summed E-state index contributed by atoms with van der Waals surface area (Å²) in [5, 5.41) is 5.40. The van der Waals surface area contributed by atoms with Crippen molar-refractivity contribution in [2.45, 2.75) is 19.3 Å². The summed E-state index contributed by atoms with van der Waals surface area (Å²) < 4.78 is 1.11. The number of nitrogens with one attached hydrogen (secondary N) is 2. The van der Waals surface area contributed by atoms with Gasteiger partial charge in [-0.1, -0.05) is 0 Å². The van der Waals surface area contributed by atoms with E-state index in [1.54, 1.807) is 42.6 Å². The molecule has 0 spiro atoms. The molecule has 2 amide bonds. The smallest absolute Gasteiger partial charge is 0.251 e. The third-order valence-electron chi connectivity index (χ3n) is 3.11. The van der Waals surface area contributed by atoms with Gasteiger partial charge in [0.25, 0.3) is 5.91 Å². The molecule has 0 radical (unpaired) electrons. The molecule has 1 aromatic heterocycles. The second-order valence-electron chi connectivity index (χ2n) is 4.76. The van der Waals surface area contributed by atoms with E-state index in [1.807, 2.05) is 6.07 Å². The number of aryl methyl sites for hydroxylation is 1. The van der Waals surface area contributed by atoms with Gasteiger partial charge in [0.15, 0.2) is 0 Å². The lowest BCUT2D eigenvalue weighted by Gasteiger charge is -2.06. The van der Waals surface area contributed by atoms with E-state index >= 15 is 0 Å². The van der Waals surface area contributed by atoms with Crippen molar-refractivity contribution >= 4 is 44.8 Å². The zero-order chi connectivity index (χ0) is 15.9. The van der Waals surface area contributed by atoms with E-state index in [4.69, 9.17) is 0 Å². The summed E-state index contributed by atoms with van der Waals surface area (Å²) in [6.07, 6.45) is 2.20. The lowest BCUT2D eigenvalue weighted by molar-refractivity contribution is -0.116. The van der Waals surface area contributed by atoms with Crippen LogP contribution in [-0.4, -0.2) is 18.9 Å². The Bertz CT molecular complexity index is 652. The van der Waals surface area contributed by atoms with E-state index in [-0.39, 0.29) is 11.8 Å². The van der Waals surface area contributed by atoms with E-state index in [9.17, 15) is 9.59 Å². The van der Waals surface area contributed by atoms with E-state index in [0.29, 0.717) is 17.7 Å². The molecule has 2 aromatic rings. The number of carbonyl (C=O) groups is 2. The largest absolute Gasteiger partial charge is 0.355 e. The van der Waals surface area contributed by atoms with Crippen LogP contribution in [0.15, 0.2) is 40.2 Å². The molecule has 1 heterocycles. The molecule has 0 saturated carbocycles. The fraction of sp³-hybridized carbons (Fsp3) is 0.250. The number of benzene rings is 1. The molecule has 4 nitrogen and oxygen atoms in total. The van der Waals surface area contributed by atoms with Crippen LogP contribution in [0.5, 0.6) is 0 Å². The standard InChI is InChI=1S/C16H17BrN2O2S/c1-18-16(21)11-5-7-12(8-6-11)19-15(20)4-2-3-13-9-10-14(17)22-13/h5-10H,2-4H2,1H3,(H,18,21)(H,19,20). The van der Waals surface area contributed by atoms with Gasteiger partial charge in [0.1, 0.15) is 0 Å². The minimum atomic E-state index is -0.139. The third kappa shape index (κ3) is 4.96. The van der Waals surface area contributed by atoms with Crippen LogP contribution in [0.25, 0.3) is 0 Å². The van der Waals surface area contributed by atoms with E-state index in [0.717, 1.165) is 16.6 Å². The predicted octanol–water partition coefficient (Wildman–Crippen LogP) is 3.83. The first kappa shape index (κ1) is 16.7. The van der Waals surface area contributed by atoms with E-state index < -0.39 is 0 Å². The molecule has 0 aliphatic heterocycles. The van der Waals surface area contributed by atoms with Crippen LogP contribution in [0, 0.1) is 0 Å². The van der Waals surface area contributed by atoms with Crippen LogP contribution in [0.3, 0.4) is 0 Å². The molecule has 2 rings (SSSR count). The maximum absolute atomic E-state index is 11.9. The minimum absolute atomic E-state index is 0.0108. The summed E-state index contributed by atoms with van der Waals surface area (Å²) in [7, 11) is 1.59. The molecule has 0 aliphatic carbocycles. The van der Waals surface area contributed by atoms with Crippen LogP contribution >= 0.6 is 27.3 Å². The Kier molecular flexibility index (Phi) is 6.15. The average molecular weight is 381 g/mol. The predicted molar refractivity (Wildman–Crippen MR) is 93.4 cm³/mol. The van der Waals surface area contributed by atoms with E-state index in [1.165, 1.54) is 4.88 Å². The zero-order valence-corrected chi connectivity index (χ0v) is 14.6. The third-order valence-corrected chi connectivity index (χ3v) is 4.80. The number of thiophene rings is 1. The molecular weight excluding hydrogens is 364 g/mol. The number of hydrogen-bond donors (Lipinski definition) is 2. The van der Waals surface area contributed by atoms with Crippen molar-refractivity contribution in [2.75, 3.05) is 12.4 Å². The van der Waals surface area contributed by atoms with Gasteiger partial charge in [-0.05, 0) is 65.2 Å². The SMILES string of the molecule is CNC(=O)c1ccc(NC(=O)CCCc2ccc(Br)s2)cc1. The first-order valence-electron chi connectivity index (χ1n) is 6.94. The van der Waals surface area contributed by atoms with Crippen LogP contribution in [-0.2, 0) is 11.2 Å². The Hall–Kier alpha value is -1.66. The van der Waals surface area contributed by atoms with Crippen LogP contribution in [0.4, 0.5) is 5.69 Å². The number of carbonyl (C=O) groups excluding carboxylic acids is 2. The molecular formula is C16H17BrN2O2S. The Morgan fingerprint density at radius 1 is 1.14 bits per heavy atom. The fourth-order valence-corrected chi connectivity index (χ4v) is 3.51. The van der Waals surface area contributed by atoms with Crippen molar-refractivity contribution in [3.63, 3.8) is 0 Å². The Morgan fingerprint density at radius 3 is 2.45 bits per heavy atom. The van der Waals surface area contributed by atoms with Crippen molar-refractivity contribution in [3.8, 4) is 0 Å². The minimum Gasteiger partial charge on any atom is -0.355 e. The van der Waals surface area contributed by atoms with Crippen LogP contribution in [0.1, 0.15) is 28.1 Å². The summed E-state index contributed by atoms with van der Waals surface area (Å²) in [5.74, 6) is -0.150. The van der Waals surface area contributed by atoms with Crippen LogP contribution < -0.4 is 10.6 Å². The molecule has 0 aliphatic rings. The van der Waals surface area contributed by atoms with Crippen molar-refractivity contribution in [1.82, 2.24) is 5.32 Å². The maximum Gasteiger partial charge on any atom is 0.251 e. The summed E-state index contributed by atoms with van der Waals surface area (Å²) in [6, 6.07) is 10.9. The topological polar surface area (TPSA) is 58.2 Å². The summed E-state index contributed by atoms with van der Waals surface area (Å²) in [6.45, 7) is 0. The molecule has 0 fully saturated rings. The van der Waals surface area contributed by atoms with Crippen molar-refractivity contribution in [3.05, 3.63) is 50.6 Å². The number of rotatable bonds is 6. The van der Waals surface area contributed by atoms with Gasteiger partial charge in [-0.3, -0.25) is 9.59 Å². The van der Waals surface area contributed by atoms with Crippen molar-refractivity contribution in [2.24, 2.45) is 0 Å². The fourth-order valence-electron chi connectivity index (χ4n) is 1.98. The first-order chi connectivity index (χ1) is 10.6. The molecule has 1 aromatic carbocycles. The lowest BCUT2D eigenvalue weighted by atomic mass is 10.2. The highest BCUT2D eigenvalue weighted by Gasteiger charge is 2.06. The Labute approximate surface area is 142 Å². The molecule has 22 heavy (non-hydrogen) atoms. The first-order valence-corrected chi connectivity index (χ1v) is 8.55. The van der Waals surface area contributed by atoms with Gasteiger partial charge in [-0.25, -0.2) is 0 Å². The molecule has 0 saturated heterocycles. The second kappa shape index (κ2) is 8.10. The highest BCUT2D eigenvalue weighted by Crippen LogP contribution is 2.23. The molecule has 0 bridgehead atoms. The number of amides is 2. The summed E-state index contributed by atoms with van der Waals surface area (Å²) in [4.78, 5) is 24.6. The molecule has 2 N–H and O–H groups in total. The van der Waals surface area contributed by atoms with Crippen LogP contribution in [0.2, 0.25) is 0 Å². The number of hydrogen-bond acceptors (Lipinski definition) is 3. The molecule has 0 atom stereocenters. The van der Waals surface area contributed by atoms with Crippen molar-refractivity contribution < 1.29 is 9.59 Å². The highest BCUT2D eigenvalue weighted by molar-refractivity contribution is 9.11. The van der Waals surface area contributed by atoms with Gasteiger partial charge in [0, 0.05) is 29.6 Å². The quantitative estimate of drug-likeness (QED) is 0.799. The zero-order valence-electron chi connectivity index (χ0n) is 12.2. The monoisotopic (exact) mass is 380 g/mol. The van der Waals surface area contributed by atoms with Gasteiger partial charge in [0.05, 0.1) is 3.79 Å². The van der Waals surface area contributed by atoms with E-state index in [2.05, 4.69) is 32.6 Å². The van der Waals surface area contributed by atoms with Gasteiger partial charge in [-0.2, -0.15) is 0 Å². The van der Waals surface area contributed by atoms with Gasteiger partial charge < -0.3 is 10.6 Å². The van der Waals surface area contributed by atoms with Crippen molar-refractivity contribution in [1.29, 1.82) is 0 Å². The van der Waals surface area contributed by atoms with Gasteiger partial charge in [0.2, 0.25) is 5.91 Å². The maximum atomic E-state index is 11.9. The molecule has 6 heteroatoms. The lowest BCUT2D eigenvalue weighted by Crippen LogP contribution is -2.17. The Morgan fingerprint density at radius 2 is 1.86 bits per heavy atom. The molecule has 0 unspecified atom stereocenters. The Balaban J connectivity index is 1.78. The summed E-state index contributed by atoms with van der Waals surface area (Å²) >= 11 is 5.13. The number of anilines is 1. The summed E-state index contributed by atoms with van der Waals surface area (Å²) in [5.41, 5.74) is 1.28. The van der Waals surface area contributed by atoms with Gasteiger partial charge in [-0.15, -0.1) is 11.3 Å². The average Bonchev–Trinajstić information content (AvgIpc) is 2.92. The number of halogens is 1.